The molecule has 0 unspecified atom stereocenters. The number of ether oxygens (including phenoxy) is 1. The molecule has 3 aromatic rings. The zero-order valence-corrected chi connectivity index (χ0v) is 16.3. The first-order chi connectivity index (χ1) is 13.1. The van der Waals surface area contributed by atoms with Gasteiger partial charge in [-0.05, 0) is 43.2 Å². The van der Waals surface area contributed by atoms with Crippen LogP contribution in [0.15, 0.2) is 40.9 Å². The molecule has 1 fully saturated rings. The fraction of sp³-hybridized carbons (Fsp3) is 0.200. The molecular weight excluding hydrogens is 409 g/mol. The maximum Gasteiger partial charge on any atom is 0.151 e. The topological polar surface area (TPSA) is 52.3 Å². The molecule has 0 saturated heterocycles. The Labute approximate surface area is 171 Å². The molecular formula is C20H14Cl3NO3. The van der Waals surface area contributed by atoms with Gasteiger partial charge in [-0.2, -0.15) is 0 Å². The highest BCUT2D eigenvalue weighted by atomic mass is 35.5. The van der Waals surface area contributed by atoms with Crippen LogP contribution in [0.3, 0.4) is 0 Å². The van der Waals surface area contributed by atoms with E-state index in [-0.39, 0.29) is 6.61 Å². The third-order valence-corrected chi connectivity index (χ3v) is 5.41. The monoisotopic (exact) mass is 421 g/mol. The van der Waals surface area contributed by atoms with E-state index in [1.165, 1.54) is 0 Å². The van der Waals surface area contributed by atoms with Gasteiger partial charge in [-0.15, -0.1) is 0 Å². The predicted molar refractivity (Wildman–Crippen MR) is 105 cm³/mol. The van der Waals surface area contributed by atoms with Crippen molar-refractivity contribution in [1.82, 2.24) is 5.16 Å². The summed E-state index contributed by atoms with van der Waals surface area (Å²) in [5.74, 6) is 1.69. The van der Waals surface area contributed by atoms with E-state index in [2.05, 4.69) is 5.16 Å². The van der Waals surface area contributed by atoms with Crippen molar-refractivity contribution in [3.8, 4) is 17.0 Å². The van der Waals surface area contributed by atoms with Gasteiger partial charge in [-0.1, -0.05) is 46.0 Å². The van der Waals surface area contributed by atoms with E-state index in [9.17, 15) is 4.79 Å². The van der Waals surface area contributed by atoms with E-state index in [0.29, 0.717) is 49.8 Å². The average Bonchev–Trinajstić information content (AvgIpc) is 3.41. The van der Waals surface area contributed by atoms with Crippen LogP contribution in [0.4, 0.5) is 0 Å². The van der Waals surface area contributed by atoms with Gasteiger partial charge in [-0.25, -0.2) is 0 Å². The maximum atomic E-state index is 10.9. The number of nitrogens with zero attached hydrogens (tertiary/aromatic N) is 1. The number of hydrogen-bond acceptors (Lipinski definition) is 4. The number of carbonyl (C=O) groups excluding carboxylic acids is 1. The first-order valence-electron chi connectivity index (χ1n) is 8.39. The Kier molecular flexibility index (Phi) is 5.13. The van der Waals surface area contributed by atoms with Gasteiger partial charge in [0.25, 0.3) is 0 Å². The highest BCUT2D eigenvalue weighted by molar-refractivity contribution is 6.39. The van der Waals surface area contributed by atoms with Crippen LogP contribution in [-0.4, -0.2) is 11.4 Å². The van der Waals surface area contributed by atoms with E-state index in [1.807, 2.05) is 0 Å². The van der Waals surface area contributed by atoms with Gasteiger partial charge < -0.3 is 9.26 Å². The van der Waals surface area contributed by atoms with E-state index < -0.39 is 0 Å². The zero-order chi connectivity index (χ0) is 19.0. The fourth-order valence-electron chi connectivity index (χ4n) is 2.90. The van der Waals surface area contributed by atoms with Crippen LogP contribution < -0.4 is 4.74 Å². The summed E-state index contributed by atoms with van der Waals surface area (Å²) >= 11 is 18.8. The lowest BCUT2D eigenvalue weighted by Crippen LogP contribution is -2.00. The fourth-order valence-corrected chi connectivity index (χ4v) is 3.69. The van der Waals surface area contributed by atoms with Gasteiger partial charge in [0.15, 0.2) is 6.29 Å². The lowest BCUT2D eigenvalue weighted by atomic mass is 10.0. The Balaban J connectivity index is 1.68. The van der Waals surface area contributed by atoms with Crippen molar-refractivity contribution < 1.29 is 14.1 Å². The van der Waals surface area contributed by atoms with E-state index in [1.54, 1.807) is 36.4 Å². The third-order valence-electron chi connectivity index (χ3n) is 4.45. The Morgan fingerprint density at radius 2 is 1.85 bits per heavy atom. The highest BCUT2D eigenvalue weighted by Gasteiger charge is 2.33. The molecule has 0 N–H and O–H groups in total. The average molecular weight is 423 g/mol. The molecule has 4 rings (SSSR count). The Hall–Kier alpha value is -2.01. The first-order valence-corrected chi connectivity index (χ1v) is 9.52. The lowest BCUT2D eigenvalue weighted by Gasteiger charge is -2.10. The molecule has 0 atom stereocenters. The number of carbonyl (C=O) groups is 1. The number of halogens is 3. The van der Waals surface area contributed by atoms with Crippen LogP contribution in [0.1, 0.15) is 40.4 Å². The largest absolute Gasteiger partial charge is 0.489 e. The van der Waals surface area contributed by atoms with E-state index in [4.69, 9.17) is 44.1 Å². The zero-order valence-electron chi connectivity index (χ0n) is 14.0. The highest BCUT2D eigenvalue weighted by Crippen LogP contribution is 2.46. The van der Waals surface area contributed by atoms with Crippen LogP contribution in [-0.2, 0) is 6.61 Å². The van der Waals surface area contributed by atoms with Crippen molar-refractivity contribution in [2.45, 2.75) is 25.4 Å². The Morgan fingerprint density at radius 3 is 2.48 bits per heavy atom. The van der Waals surface area contributed by atoms with E-state index >= 15 is 0 Å². The molecule has 0 radical (unpaired) electrons. The van der Waals surface area contributed by atoms with Crippen LogP contribution in [0.2, 0.25) is 15.1 Å². The summed E-state index contributed by atoms with van der Waals surface area (Å²) in [6, 6.07) is 10.2. The molecule has 1 saturated carbocycles. The van der Waals surface area contributed by atoms with Gasteiger partial charge in [-0.3, -0.25) is 4.79 Å². The summed E-state index contributed by atoms with van der Waals surface area (Å²) in [6.45, 7) is 0.225. The molecule has 0 bridgehead atoms. The van der Waals surface area contributed by atoms with Crippen molar-refractivity contribution in [2.75, 3.05) is 0 Å². The molecule has 0 amide bonds. The van der Waals surface area contributed by atoms with Gasteiger partial charge in [0.05, 0.1) is 20.6 Å². The predicted octanol–water partition coefficient (Wildman–Crippen LogP) is 6.57. The quantitative estimate of drug-likeness (QED) is 0.421. The molecule has 1 heterocycles. The SMILES string of the molecule is O=Cc1ccc(OCc2c(-c3c(Cl)cccc3Cl)noc2C2CC2)cc1Cl. The third kappa shape index (κ3) is 3.70. The van der Waals surface area contributed by atoms with Crippen LogP contribution >= 0.6 is 34.8 Å². The smallest absolute Gasteiger partial charge is 0.151 e. The lowest BCUT2D eigenvalue weighted by molar-refractivity contribution is 0.112. The summed E-state index contributed by atoms with van der Waals surface area (Å²) in [7, 11) is 0. The molecule has 27 heavy (non-hydrogen) atoms. The Morgan fingerprint density at radius 1 is 1.11 bits per heavy atom. The minimum atomic E-state index is 0.225. The second kappa shape index (κ2) is 7.55. The second-order valence-electron chi connectivity index (χ2n) is 6.33. The summed E-state index contributed by atoms with van der Waals surface area (Å²) in [5, 5.41) is 5.56. The standard InChI is InChI=1S/C20H14Cl3NO3/c21-15-2-1-3-16(22)18(15)19-14(20(27-24-19)11-4-5-11)10-26-13-7-6-12(9-25)17(23)8-13/h1-3,6-9,11H,4-5,10H2. The molecule has 1 aliphatic rings. The first kappa shape index (κ1) is 18.4. The second-order valence-corrected chi connectivity index (χ2v) is 7.56. The molecule has 1 aromatic heterocycles. The number of aldehydes is 1. The van der Waals surface area contributed by atoms with Crippen LogP contribution in [0.25, 0.3) is 11.3 Å². The van der Waals surface area contributed by atoms with Crippen molar-refractivity contribution >= 4 is 41.1 Å². The van der Waals surface area contributed by atoms with Crippen molar-refractivity contribution in [1.29, 1.82) is 0 Å². The molecule has 1 aliphatic carbocycles. The van der Waals surface area contributed by atoms with E-state index in [0.717, 1.165) is 24.2 Å². The van der Waals surface area contributed by atoms with Gasteiger partial charge in [0, 0.05) is 17.0 Å². The molecule has 0 aliphatic heterocycles. The molecule has 138 valence electrons. The summed E-state index contributed by atoms with van der Waals surface area (Å²) in [4.78, 5) is 10.9. The summed E-state index contributed by atoms with van der Waals surface area (Å²) < 4.78 is 11.5. The van der Waals surface area contributed by atoms with Crippen molar-refractivity contribution in [3.05, 3.63) is 68.4 Å². The Bertz CT molecular complexity index is 991. The van der Waals surface area contributed by atoms with Crippen LogP contribution in [0, 0.1) is 0 Å². The molecule has 2 aromatic carbocycles. The number of benzene rings is 2. The molecule has 4 nitrogen and oxygen atoms in total. The van der Waals surface area contributed by atoms with Crippen LogP contribution in [0.5, 0.6) is 5.75 Å². The summed E-state index contributed by atoms with van der Waals surface area (Å²) in [5.41, 5.74) is 2.45. The minimum Gasteiger partial charge on any atom is -0.489 e. The molecule has 0 spiro atoms. The minimum absolute atomic E-state index is 0.225. The normalized spacial score (nSPS) is 13.6. The van der Waals surface area contributed by atoms with Crippen molar-refractivity contribution in [2.24, 2.45) is 0 Å². The van der Waals surface area contributed by atoms with Crippen molar-refractivity contribution in [3.63, 3.8) is 0 Å². The van der Waals surface area contributed by atoms with Gasteiger partial charge in [0.2, 0.25) is 0 Å². The number of hydrogen-bond donors (Lipinski definition) is 0. The number of aromatic nitrogens is 1. The molecule has 7 heteroatoms. The maximum absolute atomic E-state index is 10.9. The van der Waals surface area contributed by atoms with Gasteiger partial charge >= 0.3 is 0 Å². The van der Waals surface area contributed by atoms with Gasteiger partial charge in [0.1, 0.15) is 23.8 Å². The number of rotatable bonds is 6. The summed E-state index contributed by atoms with van der Waals surface area (Å²) in [6.07, 6.45) is 2.81.